The van der Waals surface area contributed by atoms with Crippen LogP contribution in [0.25, 0.3) is 0 Å². The Balaban J connectivity index is -0.00000227. The van der Waals surface area contributed by atoms with Crippen molar-refractivity contribution in [3.63, 3.8) is 0 Å². The van der Waals surface area contributed by atoms with Gasteiger partial charge in [-0.25, -0.2) is 6.61 Å². The predicted octanol–water partition coefficient (Wildman–Crippen LogP) is 6.63. The van der Waals surface area contributed by atoms with Gasteiger partial charge in [-0.3, -0.25) is 0 Å². The molecule has 202 valence electrons. The third-order valence-corrected chi connectivity index (χ3v) is 6.88. The van der Waals surface area contributed by atoms with Gasteiger partial charge in [-0.15, -0.1) is 6.42 Å². The molecule has 0 spiro atoms. The Kier molecular flexibility index (Phi) is 18.6. The molecule has 0 N–H and O–H groups in total. The molecule has 0 saturated carbocycles. The molecule has 3 nitrogen and oxygen atoms in total. The van der Waals surface area contributed by atoms with Crippen molar-refractivity contribution in [1.82, 2.24) is 0 Å². The van der Waals surface area contributed by atoms with Gasteiger partial charge in [0.05, 0.1) is 17.3 Å². The normalized spacial score (nSPS) is 14.7. The van der Waals surface area contributed by atoms with Crippen LogP contribution in [0.1, 0.15) is 143 Å². The van der Waals surface area contributed by atoms with Gasteiger partial charge in [0.25, 0.3) is 0 Å². The minimum Gasteiger partial charge on any atom is -0.548 e. The van der Waals surface area contributed by atoms with Gasteiger partial charge < -0.3 is 14.2 Å². The molecule has 0 aliphatic carbocycles. The summed E-state index contributed by atoms with van der Waals surface area (Å²) in [5, 5.41) is 0. The molecule has 0 fully saturated rings. The quantitative estimate of drug-likeness (QED) is 0.218. The van der Waals surface area contributed by atoms with Crippen molar-refractivity contribution in [2.45, 2.75) is 166 Å². The van der Waals surface area contributed by atoms with Crippen molar-refractivity contribution in [3.8, 4) is 0 Å². The first-order valence-corrected chi connectivity index (χ1v) is 13.2. The van der Waals surface area contributed by atoms with E-state index in [-0.39, 0.29) is 90.5 Å². The third-order valence-electron chi connectivity index (χ3n) is 6.88. The van der Waals surface area contributed by atoms with Crippen molar-refractivity contribution >= 4 is 0 Å². The fourth-order valence-electron chi connectivity index (χ4n) is 3.37. The molecular formula is C30H63KO3. The average molecular weight is 511 g/mol. The monoisotopic (exact) mass is 510 g/mol. The van der Waals surface area contributed by atoms with Crippen LogP contribution in [-0.4, -0.2) is 29.5 Å². The molecule has 0 aromatic heterocycles. The van der Waals surface area contributed by atoms with Crippen LogP contribution < -0.4 is 51.4 Å². The van der Waals surface area contributed by atoms with Crippen LogP contribution in [0, 0.1) is 22.9 Å². The second-order valence-corrected chi connectivity index (χ2v) is 14.4. The number of hydrogen-bond donors (Lipinski definition) is 0. The Labute approximate surface area is 259 Å². The number of hydrogen-bond acceptors (Lipinski definition) is 3. The van der Waals surface area contributed by atoms with E-state index in [2.05, 4.69) is 118 Å². The maximum Gasteiger partial charge on any atom is 1.00 e. The zero-order valence-corrected chi connectivity index (χ0v) is 30.0. The molecule has 0 aromatic rings. The standard InChI is InChI=1S/C27H55O3.C3H8.K/c1-21(20-22(2,3)4)30-27(14,15)25(10,11)17-19-29-26(12,13)24(8,9)16-18-28-23(5,6)7;1-3-2;/h18,21H,16-17,19-20H2,1-15H3;3H2,1-2H3;/q-1;;+1. The van der Waals surface area contributed by atoms with Crippen LogP contribution in [0.3, 0.4) is 0 Å². The second-order valence-electron chi connectivity index (χ2n) is 14.4. The molecule has 1 unspecified atom stereocenters. The zero-order chi connectivity index (χ0) is 26.9. The molecule has 0 heterocycles. The van der Waals surface area contributed by atoms with Crippen LogP contribution in [0.2, 0.25) is 0 Å². The first kappa shape index (κ1) is 40.0. The van der Waals surface area contributed by atoms with E-state index in [1.54, 1.807) is 0 Å². The van der Waals surface area contributed by atoms with E-state index in [4.69, 9.17) is 14.2 Å². The molecule has 0 aromatic carbocycles. The maximum atomic E-state index is 6.54. The van der Waals surface area contributed by atoms with Crippen molar-refractivity contribution in [2.24, 2.45) is 16.2 Å². The first-order chi connectivity index (χ1) is 14.4. The number of ether oxygens (including phenoxy) is 3. The molecule has 1 atom stereocenters. The summed E-state index contributed by atoms with van der Waals surface area (Å²) in [4.78, 5) is 0. The average Bonchev–Trinajstić information content (AvgIpc) is 2.50. The SMILES string of the molecule is CC(CC(C)(C)C)OC(C)(C)C(C)(C)CCOC(C)(C)C(C)(C)C[CH-]OC(C)(C)C.CCC.[K+]. The van der Waals surface area contributed by atoms with E-state index in [1.165, 1.54) is 6.42 Å². The van der Waals surface area contributed by atoms with Gasteiger partial charge in [0, 0.05) is 12.2 Å². The fraction of sp³-hybridized carbons (Fsp3) is 0.967. The van der Waals surface area contributed by atoms with Gasteiger partial charge >= 0.3 is 51.4 Å². The Morgan fingerprint density at radius 2 is 1.15 bits per heavy atom. The first-order valence-electron chi connectivity index (χ1n) is 13.2. The van der Waals surface area contributed by atoms with Gasteiger partial charge in [-0.1, -0.05) is 68.7 Å². The van der Waals surface area contributed by atoms with E-state index in [1.807, 2.05) is 6.61 Å². The van der Waals surface area contributed by atoms with Crippen LogP contribution in [0.5, 0.6) is 0 Å². The summed E-state index contributed by atoms with van der Waals surface area (Å²) in [5.41, 5.74) is -0.399. The number of rotatable bonds is 12. The van der Waals surface area contributed by atoms with Crippen molar-refractivity contribution in [1.29, 1.82) is 0 Å². The smallest absolute Gasteiger partial charge is 0.548 e. The minimum absolute atomic E-state index is 0. The Morgan fingerprint density at radius 1 is 0.706 bits per heavy atom. The molecule has 0 amide bonds. The van der Waals surface area contributed by atoms with E-state index in [0.717, 1.165) is 19.3 Å². The molecule has 0 bridgehead atoms. The van der Waals surface area contributed by atoms with E-state index in [9.17, 15) is 0 Å². The van der Waals surface area contributed by atoms with E-state index >= 15 is 0 Å². The predicted molar refractivity (Wildman–Crippen MR) is 147 cm³/mol. The second kappa shape index (κ2) is 15.8. The minimum atomic E-state index is -0.259. The summed E-state index contributed by atoms with van der Waals surface area (Å²) >= 11 is 0. The molecule has 0 radical (unpaired) electrons. The summed E-state index contributed by atoms with van der Waals surface area (Å²) < 4.78 is 18.8. The van der Waals surface area contributed by atoms with Gasteiger partial charge in [-0.2, -0.15) is 0 Å². The summed E-state index contributed by atoms with van der Waals surface area (Å²) in [6, 6.07) is 0. The Bertz CT molecular complexity index is 522. The van der Waals surface area contributed by atoms with Crippen LogP contribution >= 0.6 is 0 Å². The molecular weight excluding hydrogens is 447 g/mol. The van der Waals surface area contributed by atoms with Crippen molar-refractivity contribution < 1.29 is 65.6 Å². The third kappa shape index (κ3) is 17.1. The van der Waals surface area contributed by atoms with E-state index < -0.39 is 0 Å². The molecule has 4 heteroatoms. The summed E-state index contributed by atoms with van der Waals surface area (Å²) in [7, 11) is 0. The molecule has 0 aliphatic rings. The van der Waals surface area contributed by atoms with Gasteiger partial charge in [-0.05, 0) is 84.5 Å². The summed E-state index contributed by atoms with van der Waals surface area (Å²) in [6.07, 6.45) is 4.33. The fourth-order valence-corrected chi connectivity index (χ4v) is 3.37. The topological polar surface area (TPSA) is 27.7 Å². The largest absolute Gasteiger partial charge is 1.00 e. The summed E-state index contributed by atoms with van der Waals surface area (Å²) in [5.74, 6) is 0. The van der Waals surface area contributed by atoms with Crippen LogP contribution in [0.4, 0.5) is 0 Å². The maximum absolute atomic E-state index is 6.54. The van der Waals surface area contributed by atoms with Crippen molar-refractivity contribution in [3.05, 3.63) is 6.61 Å². The Hall–Kier alpha value is 1.52. The van der Waals surface area contributed by atoms with Crippen LogP contribution in [-0.2, 0) is 14.2 Å². The Morgan fingerprint density at radius 3 is 1.53 bits per heavy atom. The molecule has 34 heavy (non-hydrogen) atoms. The van der Waals surface area contributed by atoms with Gasteiger partial charge in [0.1, 0.15) is 0 Å². The van der Waals surface area contributed by atoms with Crippen LogP contribution in [0.15, 0.2) is 0 Å². The molecule has 0 rings (SSSR count). The molecule has 0 aliphatic heterocycles. The molecule has 0 saturated heterocycles. The summed E-state index contributed by atoms with van der Waals surface area (Å²) in [6.45, 7) is 40.1. The van der Waals surface area contributed by atoms with Crippen molar-refractivity contribution in [2.75, 3.05) is 6.61 Å². The zero-order valence-electron chi connectivity index (χ0n) is 26.9. The van der Waals surface area contributed by atoms with Gasteiger partial charge in [0.2, 0.25) is 0 Å². The van der Waals surface area contributed by atoms with Gasteiger partial charge in [0.15, 0.2) is 0 Å². The van der Waals surface area contributed by atoms with E-state index in [0.29, 0.717) is 6.61 Å².